The number of nitrogens with one attached hydrogen (secondary N) is 3. The number of piperazine rings is 1. The molecule has 2 aromatic rings. The molecule has 0 saturated carbocycles. The molecule has 3 rings (SSSR count). The van der Waals surface area contributed by atoms with E-state index in [2.05, 4.69) is 32.4 Å². The van der Waals surface area contributed by atoms with E-state index >= 15 is 0 Å². The molecule has 0 unspecified atom stereocenters. The Kier molecular flexibility index (Phi) is 7.34. The Bertz CT molecular complexity index is 928. The Morgan fingerprint density at radius 2 is 1.80 bits per heavy atom. The first kappa shape index (κ1) is 21.3. The molecule has 9 nitrogen and oxygen atoms in total. The molecule has 1 atom stereocenters. The SMILES string of the molecule is NC[C@H](NC(=O)c1ccc(C#Cc2ccc(N3CCNCC3)nc2)cc1)C(=O)NO. The number of aromatic nitrogens is 1. The molecule has 0 spiro atoms. The van der Waals surface area contributed by atoms with Crippen molar-refractivity contribution in [1.82, 2.24) is 21.1 Å². The van der Waals surface area contributed by atoms with E-state index in [0.717, 1.165) is 43.1 Å². The Labute approximate surface area is 174 Å². The molecule has 1 fully saturated rings. The van der Waals surface area contributed by atoms with Gasteiger partial charge in [-0.05, 0) is 36.4 Å². The fourth-order valence-electron chi connectivity index (χ4n) is 2.94. The minimum absolute atomic E-state index is 0.136. The number of nitrogens with zero attached hydrogens (tertiary/aromatic N) is 2. The first-order chi connectivity index (χ1) is 14.6. The number of anilines is 1. The summed E-state index contributed by atoms with van der Waals surface area (Å²) < 4.78 is 0. The number of benzene rings is 1. The van der Waals surface area contributed by atoms with Gasteiger partial charge in [0, 0.05) is 55.6 Å². The fourth-order valence-corrected chi connectivity index (χ4v) is 2.94. The van der Waals surface area contributed by atoms with Crippen LogP contribution in [-0.4, -0.2) is 60.8 Å². The zero-order valence-electron chi connectivity index (χ0n) is 16.4. The second-order valence-corrected chi connectivity index (χ2v) is 6.71. The van der Waals surface area contributed by atoms with Gasteiger partial charge in [0.2, 0.25) is 0 Å². The van der Waals surface area contributed by atoms with Gasteiger partial charge in [-0.25, -0.2) is 10.5 Å². The molecule has 0 aliphatic carbocycles. The molecule has 30 heavy (non-hydrogen) atoms. The van der Waals surface area contributed by atoms with Gasteiger partial charge in [-0.15, -0.1) is 0 Å². The predicted octanol–water partition coefficient (Wildman–Crippen LogP) is -0.546. The third kappa shape index (κ3) is 5.55. The van der Waals surface area contributed by atoms with E-state index in [9.17, 15) is 9.59 Å². The topological polar surface area (TPSA) is 133 Å². The highest BCUT2D eigenvalue weighted by molar-refractivity contribution is 5.97. The quantitative estimate of drug-likeness (QED) is 0.255. The van der Waals surface area contributed by atoms with Crippen LogP contribution in [0, 0.1) is 11.8 Å². The van der Waals surface area contributed by atoms with Crippen molar-refractivity contribution in [2.24, 2.45) is 5.73 Å². The lowest BCUT2D eigenvalue weighted by Gasteiger charge is -2.28. The second kappa shape index (κ2) is 10.4. The van der Waals surface area contributed by atoms with Gasteiger partial charge in [-0.3, -0.25) is 14.8 Å². The van der Waals surface area contributed by atoms with Crippen molar-refractivity contribution >= 4 is 17.6 Å². The number of hydrogen-bond donors (Lipinski definition) is 5. The number of hydroxylamine groups is 1. The molecule has 156 valence electrons. The van der Waals surface area contributed by atoms with Crippen LogP contribution < -0.4 is 26.7 Å². The van der Waals surface area contributed by atoms with Crippen molar-refractivity contribution in [2.75, 3.05) is 37.6 Å². The molecule has 1 aliphatic heterocycles. The zero-order valence-corrected chi connectivity index (χ0v) is 16.4. The normalized spacial score (nSPS) is 14.3. The monoisotopic (exact) mass is 408 g/mol. The van der Waals surface area contributed by atoms with Gasteiger partial charge < -0.3 is 21.3 Å². The first-order valence-electron chi connectivity index (χ1n) is 9.59. The number of hydrogen-bond acceptors (Lipinski definition) is 7. The highest BCUT2D eigenvalue weighted by Crippen LogP contribution is 2.11. The molecular weight excluding hydrogens is 384 g/mol. The lowest BCUT2D eigenvalue weighted by atomic mass is 10.1. The number of pyridine rings is 1. The minimum Gasteiger partial charge on any atom is -0.354 e. The summed E-state index contributed by atoms with van der Waals surface area (Å²) in [4.78, 5) is 30.3. The highest BCUT2D eigenvalue weighted by atomic mass is 16.5. The summed E-state index contributed by atoms with van der Waals surface area (Å²) in [7, 11) is 0. The summed E-state index contributed by atoms with van der Waals surface area (Å²) in [5.41, 5.74) is 8.80. The van der Waals surface area contributed by atoms with E-state index in [1.54, 1.807) is 30.5 Å². The number of amides is 2. The van der Waals surface area contributed by atoms with E-state index in [0.29, 0.717) is 5.56 Å². The van der Waals surface area contributed by atoms with Crippen molar-refractivity contribution in [3.63, 3.8) is 0 Å². The average Bonchev–Trinajstić information content (AvgIpc) is 2.81. The first-order valence-corrected chi connectivity index (χ1v) is 9.59. The van der Waals surface area contributed by atoms with Gasteiger partial charge in [0.1, 0.15) is 11.9 Å². The lowest BCUT2D eigenvalue weighted by molar-refractivity contribution is -0.130. The highest BCUT2D eigenvalue weighted by Gasteiger charge is 2.19. The number of carbonyl (C=O) groups excluding carboxylic acids is 2. The summed E-state index contributed by atoms with van der Waals surface area (Å²) in [6.07, 6.45) is 1.76. The van der Waals surface area contributed by atoms with Crippen LogP contribution in [-0.2, 0) is 4.79 Å². The van der Waals surface area contributed by atoms with Crippen molar-refractivity contribution < 1.29 is 14.8 Å². The maximum absolute atomic E-state index is 12.2. The third-order valence-electron chi connectivity index (χ3n) is 4.65. The Hall–Kier alpha value is -3.45. The Morgan fingerprint density at radius 3 is 2.40 bits per heavy atom. The van der Waals surface area contributed by atoms with Crippen LogP contribution >= 0.6 is 0 Å². The van der Waals surface area contributed by atoms with Gasteiger partial charge >= 0.3 is 0 Å². The Morgan fingerprint density at radius 1 is 1.13 bits per heavy atom. The van der Waals surface area contributed by atoms with Crippen molar-refractivity contribution in [2.45, 2.75) is 6.04 Å². The Balaban J connectivity index is 1.61. The van der Waals surface area contributed by atoms with Crippen LogP contribution in [0.3, 0.4) is 0 Å². The average molecular weight is 408 g/mol. The van der Waals surface area contributed by atoms with Gasteiger partial charge in [0.25, 0.3) is 11.8 Å². The molecule has 0 bridgehead atoms. The molecule has 1 aromatic carbocycles. The summed E-state index contributed by atoms with van der Waals surface area (Å²) >= 11 is 0. The minimum atomic E-state index is -1.02. The van der Waals surface area contributed by atoms with Crippen LogP contribution in [0.25, 0.3) is 0 Å². The molecule has 9 heteroatoms. The van der Waals surface area contributed by atoms with Gasteiger partial charge in [0.05, 0.1) is 0 Å². The smallest absolute Gasteiger partial charge is 0.267 e. The van der Waals surface area contributed by atoms with E-state index < -0.39 is 17.9 Å². The van der Waals surface area contributed by atoms with Gasteiger partial charge in [0.15, 0.2) is 0 Å². The molecule has 2 heterocycles. The van der Waals surface area contributed by atoms with Gasteiger partial charge in [-0.2, -0.15) is 0 Å². The lowest BCUT2D eigenvalue weighted by Crippen LogP contribution is -2.50. The van der Waals surface area contributed by atoms with Crippen LogP contribution in [0.2, 0.25) is 0 Å². The predicted molar refractivity (Wildman–Crippen MR) is 112 cm³/mol. The molecular formula is C21H24N6O3. The third-order valence-corrected chi connectivity index (χ3v) is 4.65. The van der Waals surface area contributed by atoms with Crippen LogP contribution in [0.4, 0.5) is 5.82 Å². The van der Waals surface area contributed by atoms with Crippen molar-refractivity contribution in [3.05, 3.63) is 59.3 Å². The molecule has 2 amide bonds. The van der Waals surface area contributed by atoms with Crippen LogP contribution in [0.1, 0.15) is 21.5 Å². The van der Waals surface area contributed by atoms with E-state index in [1.807, 2.05) is 12.1 Å². The van der Waals surface area contributed by atoms with E-state index in [-0.39, 0.29) is 6.54 Å². The summed E-state index contributed by atoms with van der Waals surface area (Å²) in [5, 5.41) is 14.4. The van der Waals surface area contributed by atoms with Crippen LogP contribution in [0.5, 0.6) is 0 Å². The molecule has 1 aliphatic rings. The standard InChI is InChI=1S/C21H24N6O3/c22-13-18(21(29)26-30)25-20(28)17-6-3-15(4-7-17)1-2-16-5-8-19(24-14-16)27-11-9-23-10-12-27/h3-8,14,18,23,30H,9-13,22H2,(H,25,28)(H,26,29)/t18-/m0/s1. The number of rotatable bonds is 5. The molecule has 1 aromatic heterocycles. The fraction of sp³-hybridized carbons (Fsp3) is 0.286. The summed E-state index contributed by atoms with van der Waals surface area (Å²) in [5.74, 6) is 5.81. The maximum Gasteiger partial charge on any atom is 0.267 e. The van der Waals surface area contributed by atoms with E-state index in [4.69, 9.17) is 10.9 Å². The largest absolute Gasteiger partial charge is 0.354 e. The number of carbonyl (C=O) groups is 2. The second-order valence-electron chi connectivity index (χ2n) is 6.71. The van der Waals surface area contributed by atoms with Crippen molar-refractivity contribution in [1.29, 1.82) is 0 Å². The maximum atomic E-state index is 12.2. The molecule has 1 saturated heterocycles. The van der Waals surface area contributed by atoms with Crippen LogP contribution in [0.15, 0.2) is 42.6 Å². The summed E-state index contributed by atoms with van der Waals surface area (Å²) in [6, 6.07) is 9.54. The summed E-state index contributed by atoms with van der Waals surface area (Å²) in [6.45, 7) is 3.66. The van der Waals surface area contributed by atoms with Gasteiger partial charge in [-0.1, -0.05) is 11.8 Å². The number of nitrogens with two attached hydrogens (primary N) is 1. The zero-order chi connectivity index (χ0) is 21.3. The van der Waals surface area contributed by atoms with Crippen molar-refractivity contribution in [3.8, 4) is 11.8 Å². The van der Waals surface area contributed by atoms with E-state index in [1.165, 1.54) is 5.48 Å². The molecule has 0 radical (unpaired) electrons. The molecule has 6 N–H and O–H groups in total.